The van der Waals surface area contributed by atoms with Crippen molar-refractivity contribution in [3.63, 3.8) is 0 Å². The lowest BCUT2D eigenvalue weighted by Gasteiger charge is -2.10. The molecule has 1 amide bonds. The van der Waals surface area contributed by atoms with Crippen LogP contribution in [0.1, 0.15) is 15.9 Å². The molecule has 0 saturated heterocycles. The SMILES string of the molecule is Cc1ccc(C(=O)Nc2ccccc2S(N)(=O)=O)c(Cl)c1. The van der Waals surface area contributed by atoms with Crippen molar-refractivity contribution >= 4 is 33.2 Å². The maximum absolute atomic E-state index is 12.2. The van der Waals surface area contributed by atoms with Gasteiger partial charge in [-0.05, 0) is 36.8 Å². The number of hydrogen-bond donors (Lipinski definition) is 2. The number of amides is 1. The molecule has 7 heteroatoms. The highest BCUT2D eigenvalue weighted by Crippen LogP contribution is 2.22. The maximum atomic E-state index is 12.2. The molecule has 2 aromatic carbocycles. The first-order valence-corrected chi connectivity index (χ1v) is 7.91. The number of para-hydroxylation sites is 1. The van der Waals surface area contributed by atoms with Crippen LogP contribution in [-0.2, 0) is 10.0 Å². The Bertz CT molecular complexity index is 804. The van der Waals surface area contributed by atoms with Gasteiger partial charge in [-0.3, -0.25) is 4.79 Å². The first kappa shape index (κ1) is 15.5. The molecule has 0 heterocycles. The highest BCUT2D eigenvalue weighted by Gasteiger charge is 2.17. The van der Waals surface area contributed by atoms with Crippen LogP contribution in [0.2, 0.25) is 5.02 Å². The molecule has 0 aliphatic carbocycles. The zero-order valence-corrected chi connectivity index (χ0v) is 12.7. The van der Waals surface area contributed by atoms with Crippen molar-refractivity contribution in [1.29, 1.82) is 0 Å². The van der Waals surface area contributed by atoms with E-state index in [1.54, 1.807) is 24.3 Å². The Hall–Kier alpha value is -1.89. The highest BCUT2D eigenvalue weighted by molar-refractivity contribution is 7.89. The Morgan fingerprint density at radius 2 is 1.86 bits per heavy atom. The summed E-state index contributed by atoms with van der Waals surface area (Å²) in [5.41, 5.74) is 1.29. The lowest BCUT2D eigenvalue weighted by atomic mass is 10.1. The van der Waals surface area contributed by atoms with Gasteiger partial charge < -0.3 is 5.32 Å². The van der Waals surface area contributed by atoms with Crippen molar-refractivity contribution in [2.45, 2.75) is 11.8 Å². The average Bonchev–Trinajstić information content (AvgIpc) is 2.37. The van der Waals surface area contributed by atoms with Crippen LogP contribution >= 0.6 is 11.6 Å². The predicted octanol–water partition coefficient (Wildman–Crippen LogP) is 2.55. The van der Waals surface area contributed by atoms with Crippen molar-refractivity contribution in [3.8, 4) is 0 Å². The van der Waals surface area contributed by atoms with Crippen LogP contribution in [0.5, 0.6) is 0 Å². The quantitative estimate of drug-likeness (QED) is 0.909. The number of nitrogens with one attached hydrogen (secondary N) is 1. The minimum atomic E-state index is -3.93. The Kier molecular flexibility index (Phi) is 4.32. The fourth-order valence-corrected chi connectivity index (χ4v) is 2.83. The van der Waals surface area contributed by atoms with Gasteiger partial charge in [0.15, 0.2) is 0 Å². The minimum Gasteiger partial charge on any atom is -0.321 e. The van der Waals surface area contributed by atoms with Crippen LogP contribution < -0.4 is 10.5 Å². The van der Waals surface area contributed by atoms with Crippen molar-refractivity contribution in [1.82, 2.24) is 0 Å². The summed E-state index contributed by atoms with van der Waals surface area (Å²) >= 11 is 6.02. The van der Waals surface area contributed by atoms with Gasteiger partial charge in [-0.15, -0.1) is 0 Å². The second-order valence-corrected chi connectivity index (χ2v) is 6.42. The van der Waals surface area contributed by atoms with E-state index in [0.29, 0.717) is 5.02 Å². The standard InChI is InChI=1S/C14H13ClN2O3S/c1-9-6-7-10(11(15)8-9)14(18)17-12-4-2-3-5-13(12)21(16,19)20/h2-8H,1H3,(H,17,18)(H2,16,19,20). The molecule has 0 radical (unpaired) electrons. The largest absolute Gasteiger partial charge is 0.321 e. The molecule has 0 spiro atoms. The number of carbonyl (C=O) groups is 1. The van der Waals surface area contributed by atoms with E-state index in [0.717, 1.165) is 5.56 Å². The molecular weight excluding hydrogens is 312 g/mol. The molecule has 0 aliphatic rings. The summed E-state index contributed by atoms with van der Waals surface area (Å²) in [6.07, 6.45) is 0. The Morgan fingerprint density at radius 3 is 2.48 bits per heavy atom. The van der Waals surface area contributed by atoms with Gasteiger partial charge in [0.1, 0.15) is 4.90 Å². The molecule has 0 aromatic heterocycles. The number of hydrogen-bond acceptors (Lipinski definition) is 3. The fraction of sp³-hybridized carbons (Fsp3) is 0.0714. The van der Waals surface area contributed by atoms with Gasteiger partial charge in [-0.2, -0.15) is 0 Å². The van der Waals surface area contributed by atoms with Gasteiger partial charge in [-0.25, -0.2) is 13.6 Å². The van der Waals surface area contributed by atoms with E-state index in [-0.39, 0.29) is 16.1 Å². The van der Waals surface area contributed by atoms with Crippen LogP contribution in [0.15, 0.2) is 47.4 Å². The molecule has 3 N–H and O–H groups in total. The molecule has 5 nitrogen and oxygen atoms in total. The molecule has 0 aliphatic heterocycles. The third kappa shape index (κ3) is 3.60. The van der Waals surface area contributed by atoms with Crippen LogP contribution in [0.3, 0.4) is 0 Å². The zero-order valence-electron chi connectivity index (χ0n) is 11.1. The summed E-state index contributed by atoms with van der Waals surface area (Å²) in [4.78, 5) is 12.0. The second kappa shape index (κ2) is 5.85. The molecule has 2 rings (SSSR count). The molecule has 2 aromatic rings. The number of aryl methyl sites for hydroxylation is 1. The van der Waals surface area contributed by atoms with Crippen molar-refractivity contribution in [2.24, 2.45) is 5.14 Å². The van der Waals surface area contributed by atoms with Crippen LogP contribution in [0.4, 0.5) is 5.69 Å². The molecule has 110 valence electrons. The molecule has 0 atom stereocenters. The van der Waals surface area contributed by atoms with E-state index in [4.69, 9.17) is 16.7 Å². The van der Waals surface area contributed by atoms with Crippen molar-refractivity contribution in [2.75, 3.05) is 5.32 Å². The van der Waals surface area contributed by atoms with Gasteiger partial charge >= 0.3 is 0 Å². The maximum Gasteiger partial charge on any atom is 0.257 e. The molecule has 0 unspecified atom stereocenters. The summed E-state index contributed by atoms with van der Waals surface area (Å²) in [7, 11) is -3.93. The summed E-state index contributed by atoms with van der Waals surface area (Å²) in [5, 5.41) is 7.92. The normalized spacial score (nSPS) is 11.2. The van der Waals surface area contributed by atoms with Crippen LogP contribution in [-0.4, -0.2) is 14.3 Å². The van der Waals surface area contributed by atoms with E-state index in [1.807, 2.05) is 6.92 Å². The Morgan fingerprint density at radius 1 is 1.19 bits per heavy atom. The van der Waals surface area contributed by atoms with Gasteiger partial charge in [0.05, 0.1) is 16.3 Å². The number of halogens is 1. The van der Waals surface area contributed by atoms with Gasteiger partial charge in [-0.1, -0.05) is 29.8 Å². The van der Waals surface area contributed by atoms with Gasteiger partial charge in [0.2, 0.25) is 10.0 Å². The Balaban J connectivity index is 2.37. The number of rotatable bonds is 3. The molecule has 0 fully saturated rings. The molecule has 0 bridgehead atoms. The van der Waals surface area contributed by atoms with E-state index in [9.17, 15) is 13.2 Å². The minimum absolute atomic E-state index is 0.113. The summed E-state index contributed by atoms with van der Waals surface area (Å²) < 4.78 is 23.0. The molecule has 21 heavy (non-hydrogen) atoms. The fourth-order valence-electron chi connectivity index (χ4n) is 1.81. The van der Waals surface area contributed by atoms with E-state index in [1.165, 1.54) is 18.2 Å². The number of nitrogens with two attached hydrogens (primary N) is 1. The van der Waals surface area contributed by atoms with Crippen LogP contribution in [0, 0.1) is 6.92 Å². The molecule has 0 saturated carbocycles. The van der Waals surface area contributed by atoms with Crippen molar-refractivity contribution in [3.05, 3.63) is 58.6 Å². The monoisotopic (exact) mass is 324 g/mol. The predicted molar refractivity (Wildman–Crippen MR) is 82.0 cm³/mol. The molecular formula is C14H13ClN2O3S. The highest BCUT2D eigenvalue weighted by atomic mass is 35.5. The second-order valence-electron chi connectivity index (χ2n) is 4.48. The number of benzene rings is 2. The lowest BCUT2D eigenvalue weighted by Crippen LogP contribution is -2.18. The number of anilines is 1. The average molecular weight is 325 g/mol. The van der Waals surface area contributed by atoms with Crippen LogP contribution in [0.25, 0.3) is 0 Å². The Labute approximate surface area is 127 Å². The van der Waals surface area contributed by atoms with Crippen molar-refractivity contribution < 1.29 is 13.2 Å². The number of carbonyl (C=O) groups excluding carboxylic acids is 1. The smallest absolute Gasteiger partial charge is 0.257 e. The first-order chi connectivity index (χ1) is 9.79. The van der Waals surface area contributed by atoms with Gasteiger partial charge in [0.25, 0.3) is 5.91 Å². The third-order valence-corrected chi connectivity index (χ3v) is 4.09. The third-order valence-electron chi connectivity index (χ3n) is 2.81. The summed E-state index contributed by atoms with van der Waals surface area (Å²) in [6, 6.07) is 10.9. The first-order valence-electron chi connectivity index (χ1n) is 5.98. The number of sulfonamides is 1. The summed E-state index contributed by atoms with van der Waals surface area (Å²) in [5.74, 6) is -0.504. The topological polar surface area (TPSA) is 89.3 Å². The van der Waals surface area contributed by atoms with E-state index >= 15 is 0 Å². The van der Waals surface area contributed by atoms with E-state index < -0.39 is 15.9 Å². The number of primary sulfonamides is 1. The summed E-state index contributed by atoms with van der Waals surface area (Å²) in [6.45, 7) is 1.85. The lowest BCUT2D eigenvalue weighted by molar-refractivity contribution is 0.102. The van der Waals surface area contributed by atoms with E-state index in [2.05, 4.69) is 5.32 Å². The van der Waals surface area contributed by atoms with Gasteiger partial charge in [0, 0.05) is 0 Å². The zero-order chi connectivity index (χ0) is 15.6.